The molecule has 5 nitrogen and oxygen atoms in total. The maximum absolute atomic E-state index is 12.8. The fraction of sp³-hybridized carbons (Fsp3) is 0.217. The van der Waals surface area contributed by atoms with Crippen molar-refractivity contribution in [2.24, 2.45) is 0 Å². The SMILES string of the molecule is Cc1cccc(C2CC(=O)c3cn4nc(SCc5ccccc5)nc4nc3C2)c1. The number of aromatic nitrogens is 4. The van der Waals surface area contributed by atoms with Gasteiger partial charge in [0.15, 0.2) is 5.78 Å². The minimum atomic E-state index is 0.126. The van der Waals surface area contributed by atoms with Gasteiger partial charge in [-0.2, -0.15) is 4.98 Å². The third kappa shape index (κ3) is 3.68. The summed E-state index contributed by atoms with van der Waals surface area (Å²) in [5, 5.41) is 5.19. The number of aryl methyl sites for hydroxylation is 1. The zero-order valence-corrected chi connectivity index (χ0v) is 16.9. The minimum Gasteiger partial charge on any atom is -0.294 e. The van der Waals surface area contributed by atoms with Crippen molar-refractivity contribution in [3.63, 3.8) is 0 Å². The van der Waals surface area contributed by atoms with Gasteiger partial charge >= 0.3 is 0 Å². The van der Waals surface area contributed by atoms with Gasteiger partial charge in [0.1, 0.15) is 0 Å². The van der Waals surface area contributed by atoms with Gasteiger partial charge in [-0.15, -0.1) is 5.10 Å². The van der Waals surface area contributed by atoms with Crippen molar-refractivity contribution in [3.8, 4) is 0 Å². The molecule has 0 amide bonds. The molecule has 0 fully saturated rings. The van der Waals surface area contributed by atoms with Gasteiger partial charge in [-0.3, -0.25) is 4.79 Å². The van der Waals surface area contributed by atoms with E-state index in [1.807, 2.05) is 18.2 Å². The van der Waals surface area contributed by atoms with Gasteiger partial charge in [-0.05, 0) is 30.4 Å². The maximum Gasteiger partial charge on any atom is 0.253 e. The van der Waals surface area contributed by atoms with Crippen molar-refractivity contribution in [2.75, 3.05) is 0 Å². The normalized spacial score (nSPS) is 16.2. The molecule has 0 aliphatic heterocycles. The number of Topliss-reactive ketones (excluding diaryl/α,β-unsaturated/α-hetero) is 1. The lowest BCUT2D eigenvalue weighted by molar-refractivity contribution is 0.0962. The van der Waals surface area contributed by atoms with E-state index in [9.17, 15) is 4.79 Å². The number of hydrogen-bond acceptors (Lipinski definition) is 5. The van der Waals surface area contributed by atoms with Crippen molar-refractivity contribution < 1.29 is 4.79 Å². The fourth-order valence-electron chi connectivity index (χ4n) is 3.81. The molecule has 29 heavy (non-hydrogen) atoms. The van der Waals surface area contributed by atoms with Crippen LogP contribution in [-0.4, -0.2) is 25.4 Å². The average molecular weight is 401 g/mol. The monoisotopic (exact) mass is 400 g/mol. The summed E-state index contributed by atoms with van der Waals surface area (Å²) in [7, 11) is 0. The van der Waals surface area contributed by atoms with E-state index in [4.69, 9.17) is 4.98 Å². The largest absolute Gasteiger partial charge is 0.294 e. The number of fused-ring (bicyclic) bond motifs is 2. The number of carbonyl (C=O) groups is 1. The van der Waals surface area contributed by atoms with Crippen LogP contribution in [0.5, 0.6) is 0 Å². The standard InChI is InChI=1S/C23H20N4OS/c1-15-6-5-9-17(10-15)18-11-20-19(21(28)12-18)13-27-22(24-20)25-23(26-27)29-14-16-7-3-2-4-8-16/h2-10,13,18H,11-12,14H2,1H3. The highest BCUT2D eigenvalue weighted by Crippen LogP contribution is 2.32. The van der Waals surface area contributed by atoms with Crippen LogP contribution in [0.1, 0.15) is 45.1 Å². The lowest BCUT2D eigenvalue weighted by Gasteiger charge is -2.23. The smallest absolute Gasteiger partial charge is 0.253 e. The van der Waals surface area contributed by atoms with Crippen LogP contribution in [0.3, 0.4) is 0 Å². The van der Waals surface area contributed by atoms with E-state index in [-0.39, 0.29) is 11.7 Å². The van der Waals surface area contributed by atoms with Gasteiger partial charge in [-0.1, -0.05) is 71.9 Å². The van der Waals surface area contributed by atoms with E-state index < -0.39 is 0 Å². The highest BCUT2D eigenvalue weighted by Gasteiger charge is 2.28. The van der Waals surface area contributed by atoms with Crippen LogP contribution in [0.4, 0.5) is 0 Å². The molecule has 1 aliphatic rings. The van der Waals surface area contributed by atoms with E-state index in [1.54, 1.807) is 22.5 Å². The van der Waals surface area contributed by atoms with Gasteiger partial charge in [0, 0.05) is 18.4 Å². The molecule has 0 saturated carbocycles. The molecule has 5 rings (SSSR count). The second kappa shape index (κ2) is 7.44. The summed E-state index contributed by atoms with van der Waals surface area (Å²) in [6.45, 7) is 2.08. The molecule has 0 bridgehead atoms. The van der Waals surface area contributed by atoms with Crippen LogP contribution in [0.2, 0.25) is 0 Å². The Morgan fingerprint density at radius 3 is 2.76 bits per heavy atom. The third-order valence-corrected chi connectivity index (χ3v) is 6.20. The molecule has 1 atom stereocenters. The van der Waals surface area contributed by atoms with E-state index in [0.29, 0.717) is 22.9 Å². The number of nitrogens with zero attached hydrogens (tertiary/aromatic N) is 4. The van der Waals surface area contributed by atoms with Crippen molar-refractivity contribution in [3.05, 3.63) is 88.7 Å². The highest BCUT2D eigenvalue weighted by molar-refractivity contribution is 7.98. The average Bonchev–Trinajstić information content (AvgIpc) is 3.13. The van der Waals surface area contributed by atoms with E-state index >= 15 is 0 Å². The summed E-state index contributed by atoms with van der Waals surface area (Å²) >= 11 is 1.57. The summed E-state index contributed by atoms with van der Waals surface area (Å²) in [6, 6.07) is 18.6. The Morgan fingerprint density at radius 2 is 1.93 bits per heavy atom. The van der Waals surface area contributed by atoms with Crippen molar-refractivity contribution >= 4 is 23.3 Å². The lowest BCUT2D eigenvalue weighted by atomic mass is 9.82. The zero-order chi connectivity index (χ0) is 19.8. The first-order chi connectivity index (χ1) is 14.2. The van der Waals surface area contributed by atoms with Gasteiger partial charge in [0.2, 0.25) is 5.16 Å². The summed E-state index contributed by atoms with van der Waals surface area (Å²) in [6.07, 6.45) is 3.06. The molecule has 1 aliphatic carbocycles. The number of rotatable bonds is 4. The van der Waals surface area contributed by atoms with E-state index in [0.717, 1.165) is 17.9 Å². The Balaban J connectivity index is 1.42. The fourth-order valence-corrected chi connectivity index (χ4v) is 4.59. The molecule has 2 aromatic carbocycles. The quantitative estimate of drug-likeness (QED) is 0.467. The Kier molecular flexibility index (Phi) is 4.64. The number of ketones is 1. The lowest BCUT2D eigenvalue weighted by Crippen LogP contribution is -2.21. The van der Waals surface area contributed by atoms with Crippen LogP contribution < -0.4 is 0 Å². The maximum atomic E-state index is 12.8. The molecule has 2 aromatic heterocycles. The van der Waals surface area contributed by atoms with Gasteiger partial charge in [0.25, 0.3) is 5.78 Å². The van der Waals surface area contributed by atoms with E-state index in [2.05, 4.69) is 53.4 Å². The number of benzene rings is 2. The molecule has 0 saturated heterocycles. The summed E-state index contributed by atoms with van der Waals surface area (Å²) < 4.78 is 1.64. The van der Waals surface area contributed by atoms with Crippen molar-refractivity contribution in [2.45, 2.75) is 36.6 Å². The van der Waals surface area contributed by atoms with Crippen LogP contribution in [0.15, 0.2) is 66.0 Å². The van der Waals surface area contributed by atoms with Crippen LogP contribution in [-0.2, 0) is 12.2 Å². The molecule has 144 valence electrons. The Hall–Kier alpha value is -2.99. The minimum absolute atomic E-state index is 0.126. The first kappa shape index (κ1) is 18.1. The highest BCUT2D eigenvalue weighted by atomic mass is 32.2. The Labute approximate surface area is 173 Å². The molecule has 1 unspecified atom stereocenters. The van der Waals surface area contributed by atoms with Crippen LogP contribution in [0, 0.1) is 6.92 Å². The molecule has 0 spiro atoms. The first-order valence-electron chi connectivity index (χ1n) is 9.68. The number of carbonyl (C=O) groups excluding carboxylic acids is 1. The summed E-state index contributed by atoms with van der Waals surface area (Å²) in [5.41, 5.74) is 5.13. The Bertz CT molecular complexity index is 1200. The molecule has 2 heterocycles. The summed E-state index contributed by atoms with van der Waals surface area (Å²) in [5.74, 6) is 1.64. The van der Waals surface area contributed by atoms with E-state index in [1.165, 1.54) is 16.7 Å². The number of thioether (sulfide) groups is 1. The second-order valence-corrected chi connectivity index (χ2v) is 8.40. The van der Waals surface area contributed by atoms with Crippen LogP contribution in [0.25, 0.3) is 5.78 Å². The van der Waals surface area contributed by atoms with Crippen molar-refractivity contribution in [1.82, 2.24) is 19.6 Å². The summed E-state index contributed by atoms with van der Waals surface area (Å²) in [4.78, 5) is 22.1. The predicted octanol–water partition coefficient (Wildman–Crippen LogP) is 4.64. The van der Waals surface area contributed by atoms with Gasteiger partial charge in [0.05, 0.1) is 11.3 Å². The molecule has 0 radical (unpaired) electrons. The van der Waals surface area contributed by atoms with Gasteiger partial charge in [-0.25, -0.2) is 9.50 Å². The zero-order valence-electron chi connectivity index (χ0n) is 16.1. The van der Waals surface area contributed by atoms with Crippen molar-refractivity contribution in [1.29, 1.82) is 0 Å². The molecular formula is C23H20N4OS. The predicted molar refractivity (Wildman–Crippen MR) is 113 cm³/mol. The third-order valence-electron chi connectivity index (χ3n) is 5.29. The molecule has 4 aromatic rings. The van der Waals surface area contributed by atoms with Crippen LogP contribution >= 0.6 is 11.8 Å². The number of hydrogen-bond donors (Lipinski definition) is 0. The first-order valence-corrected chi connectivity index (χ1v) is 10.7. The molecular weight excluding hydrogens is 380 g/mol. The Morgan fingerprint density at radius 1 is 1.07 bits per heavy atom. The van der Waals surface area contributed by atoms with Gasteiger partial charge < -0.3 is 0 Å². The second-order valence-electron chi connectivity index (χ2n) is 7.46. The molecule has 6 heteroatoms. The molecule has 0 N–H and O–H groups in total. The topological polar surface area (TPSA) is 60.2 Å².